The smallest absolute Gasteiger partial charge is 0.240 e. The molecule has 102 valence electrons. The van der Waals surface area contributed by atoms with Crippen molar-refractivity contribution in [2.75, 3.05) is 13.1 Å². The molecule has 0 saturated carbocycles. The summed E-state index contributed by atoms with van der Waals surface area (Å²) in [5, 5.41) is 3.16. The highest BCUT2D eigenvalue weighted by atomic mass is 32.2. The first-order chi connectivity index (χ1) is 8.45. The SMILES string of the molecule is CCc1ccc(S(=O)(=O)NCCNC(C)C)cc1. The van der Waals surface area contributed by atoms with Gasteiger partial charge in [-0.25, -0.2) is 13.1 Å². The summed E-state index contributed by atoms with van der Waals surface area (Å²) in [6.45, 7) is 7.12. The quantitative estimate of drug-likeness (QED) is 0.739. The molecule has 4 nitrogen and oxygen atoms in total. The van der Waals surface area contributed by atoms with Crippen LogP contribution in [0.3, 0.4) is 0 Å². The Morgan fingerprint density at radius 1 is 1.11 bits per heavy atom. The maximum absolute atomic E-state index is 11.9. The van der Waals surface area contributed by atoms with Crippen molar-refractivity contribution >= 4 is 10.0 Å². The molecule has 18 heavy (non-hydrogen) atoms. The Morgan fingerprint density at radius 2 is 1.72 bits per heavy atom. The molecule has 0 bridgehead atoms. The predicted molar refractivity (Wildman–Crippen MR) is 74.1 cm³/mol. The van der Waals surface area contributed by atoms with Crippen LogP contribution in [0.5, 0.6) is 0 Å². The summed E-state index contributed by atoms with van der Waals surface area (Å²) in [7, 11) is -3.37. The average Bonchev–Trinajstić information content (AvgIpc) is 2.34. The van der Waals surface area contributed by atoms with Crippen LogP contribution in [-0.4, -0.2) is 27.5 Å². The molecule has 0 heterocycles. The minimum atomic E-state index is -3.37. The number of hydrogen-bond donors (Lipinski definition) is 2. The number of benzene rings is 1. The molecule has 0 radical (unpaired) electrons. The molecule has 1 aromatic carbocycles. The Hall–Kier alpha value is -0.910. The molecule has 0 saturated heterocycles. The van der Waals surface area contributed by atoms with E-state index in [9.17, 15) is 8.42 Å². The first kappa shape index (κ1) is 15.1. The van der Waals surface area contributed by atoms with Crippen molar-refractivity contribution in [2.45, 2.75) is 38.1 Å². The van der Waals surface area contributed by atoms with Crippen molar-refractivity contribution in [2.24, 2.45) is 0 Å². The van der Waals surface area contributed by atoms with E-state index in [4.69, 9.17) is 0 Å². The maximum Gasteiger partial charge on any atom is 0.240 e. The molecule has 0 amide bonds. The van der Waals surface area contributed by atoms with E-state index >= 15 is 0 Å². The van der Waals surface area contributed by atoms with Gasteiger partial charge in [0.2, 0.25) is 10.0 Å². The monoisotopic (exact) mass is 270 g/mol. The van der Waals surface area contributed by atoms with Gasteiger partial charge in [0.1, 0.15) is 0 Å². The summed E-state index contributed by atoms with van der Waals surface area (Å²) in [5.74, 6) is 0. The first-order valence-electron chi connectivity index (χ1n) is 6.27. The van der Waals surface area contributed by atoms with Crippen molar-refractivity contribution in [3.8, 4) is 0 Å². The highest BCUT2D eigenvalue weighted by Crippen LogP contribution is 2.10. The van der Waals surface area contributed by atoms with Crippen LogP contribution in [-0.2, 0) is 16.4 Å². The number of aryl methyl sites for hydroxylation is 1. The minimum Gasteiger partial charge on any atom is -0.313 e. The van der Waals surface area contributed by atoms with Crippen LogP contribution < -0.4 is 10.0 Å². The lowest BCUT2D eigenvalue weighted by Gasteiger charge is -2.10. The van der Waals surface area contributed by atoms with Gasteiger partial charge in [-0.2, -0.15) is 0 Å². The zero-order chi connectivity index (χ0) is 13.6. The fourth-order valence-corrected chi connectivity index (χ4v) is 2.57. The van der Waals surface area contributed by atoms with Gasteiger partial charge in [-0.3, -0.25) is 0 Å². The van der Waals surface area contributed by atoms with Gasteiger partial charge in [0.15, 0.2) is 0 Å². The molecular weight excluding hydrogens is 248 g/mol. The molecule has 0 aliphatic heterocycles. The van der Waals surface area contributed by atoms with Crippen molar-refractivity contribution in [1.29, 1.82) is 0 Å². The maximum atomic E-state index is 11.9. The molecule has 0 spiro atoms. The summed E-state index contributed by atoms with van der Waals surface area (Å²) >= 11 is 0. The molecule has 0 aliphatic carbocycles. The number of nitrogens with one attached hydrogen (secondary N) is 2. The fourth-order valence-electron chi connectivity index (χ4n) is 1.53. The van der Waals surface area contributed by atoms with Gasteiger partial charge in [0, 0.05) is 19.1 Å². The Balaban J connectivity index is 2.57. The zero-order valence-corrected chi connectivity index (χ0v) is 12.0. The Labute approximate surface area is 110 Å². The third kappa shape index (κ3) is 4.76. The third-order valence-electron chi connectivity index (χ3n) is 2.61. The summed E-state index contributed by atoms with van der Waals surface area (Å²) in [5.41, 5.74) is 1.13. The van der Waals surface area contributed by atoms with Crippen LogP contribution in [0.25, 0.3) is 0 Å². The van der Waals surface area contributed by atoms with E-state index in [0.29, 0.717) is 24.0 Å². The lowest BCUT2D eigenvalue weighted by molar-refractivity contribution is 0.559. The molecule has 1 rings (SSSR count). The standard InChI is InChI=1S/C13H22N2O2S/c1-4-12-5-7-13(8-6-12)18(16,17)15-10-9-14-11(2)3/h5-8,11,14-15H,4,9-10H2,1-3H3. The van der Waals surface area contributed by atoms with Gasteiger partial charge in [0.05, 0.1) is 4.90 Å². The van der Waals surface area contributed by atoms with E-state index in [1.807, 2.05) is 32.9 Å². The van der Waals surface area contributed by atoms with E-state index in [1.165, 1.54) is 0 Å². The second-order valence-electron chi connectivity index (χ2n) is 4.50. The average molecular weight is 270 g/mol. The molecule has 0 aliphatic rings. The molecule has 0 aromatic heterocycles. The van der Waals surface area contributed by atoms with E-state index < -0.39 is 10.0 Å². The third-order valence-corrected chi connectivity index (χ3v) is 4.09. The minimum absolute atomic E-state index is 0.323. The predicted octanol–water partition coefficient (Wildman–Crippen LogP) is 1.53. The Kier molecular flexibility index (Phi) is 5.78. The highest BCUT2D eigenvalue weighted by Gasteiger charge is 2.12. The first-order valence-corrected chi connectivity index (χ1v) is 7.76. The van der Waals surface area contributed by atoms with Crippen LogP contribution >= 0.6 is 0 Å². The van der Waals surface area contributed by atoms with Crippen molar-refractivity contribution < 1.29 is 8.42 Å². The molecular formula is C13H22N2O2S. The van der Waals surface area contributed by atoms with Crippen LogP contribution in [0.1, 0.15) is 26.3 Å². The van der Waals surface area contributed by atoms with Crippen molar-refractivity contribution in [3.05, 3.63) is 29.8 Å². The summed E-state index contributed by atoms with van der Waals surface area (Å²) in [6.07, 6.45) is 0.909. The zero-order valence-electron chi connectivity index (χ0n) is 11.2. The molecule has 0 atom stereocenters. The van der Waals surface area contributed by atoms with Gasteiger partial charge in [0.25, 0.3) is 0 Å². The van der Waals surface area contributed by atoms with Crippen LogP contribution in [0.2, 0.25) is 0 Å². The normalized spacial score (nSPS) is 12.0. The number of sulfonamides is 1. The van der Waals surface area contributed by atoms with Crippen molar-refractivity contribution in [3.63, 3.8) is 0 Å². The highest BCUT2D eigenvalue weighted by molar-refractivity contribution is 7.89. The van der Waals surface area contributed by atoms with Gasteiger partial charge >= 0.3 is 0 Å². The second kappa shape index (κ2) is 6.87. The topological polar surface area (TPSA) is 58.2 Å². The summed E-state index contributed by atoms with van der Waals surface area (Å²) in [4.78, 5) is 0.323. The van der Waals surface area contributed by atoms with Crippen LogP contribution in [0, 0.1) is 0 Å². The lowest BCUT2D eigenvalue weighted by Crippen LogP contribution is -2.34. The molecule has 5 heteroatoms. The van der Waals surface area contributed by atoms with Crippen LogP contribution in [0.4, 0.5) is 0 Å². The van der Waals surface area contributed by atoms with Gasteiger partial charge < -0.3 is 5.32 Å². The van der Waals surface area contributed by atoms with E-state index in [-0.39, 0.29) is 0 Å². The second-order valence-corrected chi connectivity index (χ2v) is 6.27. The van der Waals surface area contributed by atoms with Gasteiger partial charge in [-0.15, -0.1) is 0 Å². The number of hydrogen-bond acceptors (Lipinski definition) is 3. The van der Waals surface area contributed by atoms with Gasteiger partial charge in [-0.1, -0.05) is 32.9 Å². The van der Waals surface area contributed by atoms with Crippen LogP contribution in [0.15, 0.2) is 29.2 Å². The molecule has 0 unspecified atom stereocenters. The van der Waals surface area contributed by atoms with E-state index in [0.717, 1.165) is 12.0 Å². The van der Waals surface area contributed by atoms with Crippen molar-refractivity contribution in [1.82, 2.24) is 10.0 Å². The van der Waals surface area contributed by atoms with Gasteiger partial charge in [-0.05, 0) is 24.1 Å². The molecule has 1 aromatic rings. The summed E-state index contributed by atoms with van der Waals surface area (Å²) < 4.78 is 26.5. The number of rotatable bonds is 7. The molecule has 0 fully saturated rings. The fraction of sp³-hybridized carbons (Fsp3) is 0.538. The largest absolute Gasteiger partial charge is 0.313 e. The van der Waals surface area contributed by atoms with E-state index in [2.05, 4.69) is 10.0 Å². The molecule has 2 N–H and O–H groups in total. The Bertz CT molecular complexity index is 452. The summed E-state index contributed by atoms with van der Waals surface area (Å²) in [6, 6.07) is 7.36. The Morgan fingerprint density at radius 3 is 2.22 bits per heavy atom. The van der Waals surface area contributed by atoms with E-state index in [1.54, 1.807) is 12.1 Å². The lowest BCUT2D eigenvalue weighted by atomic mass is 10.2.